The number of aromatic amines is 1. The van der Waals surface area contributed by atoms with E-state index in [1.807, 2.05) is 25.1 Å². The van der Waals surface area contributed by atoms with Crippen LogP contribution in [0, 0.1) is 6.92 Å². The normalized spacial score (nSPS) is 13.3. The first-order valence-electron chi connectivity index (χ1n) is 4.79. The summed E-state index contributed by atoms with van der Waals surface area (Å²) < 4.78 is 0. The molecule has 4 heteroatoms. The maximum atomic E-state index is 9.79. The number of H-pyrrole nitrogens is 1. The summed E-state index contributed by atoms with van der Waals surface area (Å²) in [5, 5.41) is 11.4. The molecule has 0 bridgehead atoms. The van der Waals surface area contributed by atoms with Crippen LogP contribution in [0.4, 0.5) is 0 Å². The van der Waals surface area contributed by atoms with Crippen LogP contribution >= 0.6 is 11.6 Å². The lowest BCUT2D eigenvalue weighted by Gasteiger charge is -2.07. The van der Waals surface area contributed by atoms with E-state index < -0.39 is 6.10 Å². The van der Waals surface area contributed by atoms with Gasteiger partial charge in [0.15, 0.2) is 0 Å². The Balaban J connectivity index is 2.68. The Morgan fingerprint density at radius 1 is 1.53 bits per heavy atom. The van der Waals surface area contributed by atoms with E-state index in [-0.39, 0.29) is 6.54 Å². The van der Waals surface area contributed by atoms with E-state index in [2.05, 4.69) is 4.98 Å². The average Bonchev–Trinajstić information content (AvgIpc) is 2.52. The van der Waals surface area contributed by atoms with Gasteiger partial charge in [0, 0.05) is 33.7 Å². The minimum absolute atomic E-state index is 0.219. The largest absolute Gasteiger partial charge is 0.387 e. The number of rotatable bonds is 2. The summed E-state index contributed by atoms with van der Waals surface area (Å²) in [6.45, 7) is 2.14. The van der Waals surface area contributed by atoms with Crippen molar-refractivity contribution in [3.63, 3.8) is 0 Å². The second kappa shape index (κ2) is 3.85. The Bertz CT molecular complexity index is 493. The fourth-order valence-corrected chi connectivity index (χ4v) is 2.05. The number of aromatic nitrogens is 1. The van der Waals surface area contributed by atoms with Crippen LogP contribution in [-0.2, 0) is 0 Å². The molecule has 2 rings (SSSR count). The van der Waals surface area contributed by atoms with Gasteiger partial charge in [-0.3, -0.25) is 0 Å². The number of nitrogens with two attached hydrogens (primary N) is 1. The molecule has 1 aromatic carbocycles. The van der Waals surface area contributed by atoms with E-state index in [0.717, 1.165) is 22.2 Å². The van der Waals surface area contributed by atoms with Gasteiger partial charge in [0.1, 0.15) is 0 Å². The lowest BCUT2D eigenvalue weighted by atomic mass is 10.1. The summed E-state index contributed by atoms with van der Waals surface area (Å²) in [7, 11) is 0. The van der Waals surface area contributed by atoms with Crippen LogP contribution in [0.1, 0.15) is 17.4 Å². The van der Waals surface area contributed by atoms with Crippen molar-refractivity contribution in [2.24, 2.45) is 5.73 Å². The number of aryl methyl sites for hydroxylation is 1. The molecule has 2 aromatic rings. The van der Waals surface area contributed by atoms with Crippen molar-refractivity contribution in [3.8, 4) is 0 Å². The van der Waals surface area contributed by atoms with Gasteiger partial charge in [-0.15, -0.1) is 0 Å². The number of fused-ring (bicyclic) bond motifs is 1. The second-order valence-electron chi connectivity index (χ2n) is 3.61. The minimum Gasteiger partial charge on any atom is -0.387 e. The molecule has 1 unspecified atom stereocenters. The smallest absolute Gasteiger partial charge is 0.0935 e. The Labute approximate surface area is 92.9 Å². The minimum atomic E-state index is -0.625. The summed E-state index contributed by atoms with van der Waals surface area (Å²) in [4.78, 5) is 3.18. The van der Waals surface area contributed by atoms with Crippen LogP contribution in [0.5, 0.6) is 0 Å². The van der Waals surface area contributed by atoms with Crippen LogP contribution in [0.2, 0.25) is 5.02 Å². The van der Waals surface area contributed by atoms with Crippen molar-refractivity contribution in [2.75, 3.05) is 6.54 Å². The molecule has 4 N–H and O–H groups in total. The molecule has 0 saturated carbocycles. The molecule has 0 saturated heterocycles. The summed E-state index contributed by atoms with van der Waals surface area (Å²) in [6, 6.07) is 5.55. The highest BCUT2D eigenvalue weighted by molar-refractivity contribution is 6.31. The lowest BCUT2D eigenvalue weighted by Crippen LogP contribution is -2.12. The highest BCUT2D eigenvalue weighted by atomic mass is 35.5. The molecule has 0 spiro atoms. The van der Waals surface area contributed by atoms with Crippen molar-refractivity contribution in [3.05, 3.63) is 34.5 Å². The number of benzene rings is 1. The SMILES string of the molecule is Cc1[nH]c2cc(Cl)ccc2c1C(O)CN. The third kappa shape index (κ3) is 1.74. The van der Waals surface area contributed by atoms with E-state index in [1.54, 1.807) is 0 Å². The van der Waals surface area contributed by atoms with Gasteiger partial charge in [0.25, 0.3) is 0 Å². The fourth-order valence-electron chi connectivity index (χ4n) is 1.87. The molecule has 1 heterocycles. The van der Waals surface area contributed by atoms with E-state index in [0.29, 0.717) is 5.02 Å². The van der Waals surface area contributed by atoms with Crippen molar-refractivity contribution >= 4 is 22.5 Å². The molecule has 0 aliphatic heterocycles. The van der Waals surface area contributed by atoms with E-state index >= 15 is 0 Å². The van der Waals surface area contributed by atoms with E-state index in [9.17, 15) is 5.11 Å². The molecule has 0 radical (unpaired) electrons. The second-order valence-corrected chi connectivity index (χ2v) is 4.04. The number of aliphatic hydroxyl groups excluding tert-OH is 1. The first kappa shape index (κ1) is 10.5. The van der Waals surface area contributed by atoms with Gasteiger partial charge in [0.2, 0.25) is 0 Å². The van der Waals surface area contributed by atoms with Crippen molar-refractivity contribution in [1.29, 1.82) is 0 Å². The molecule has 1 atom stereocenters. The van der Waals surface area contributed by atoms with Crippen LogP contribution in [-0.4, -0.2) is 16.6 Å². The zero-order valence-corrected chi connectivity index (χ0v) is 9.17. The first-order chi connectivity index (χ1) is 7.13. The van der Waals surface area contributed by atoms with Crippen molar-refractivity contribution in [2.45, 2.75) is 13.0 Å². The molecule has 0 aliphatic rings. The summed E-state index contributed by atoms with van der Waals surface area (Å²) in [5.74, 6) is 0. The van der Waals surface area contributed by atoms with Gasteiger partial charge in [0.05, 0.1) is 6.10 Å². The maximum absolute atomic E-state index is 9.79. The standard InChI is InChI=1S/C11H13ClN2O/c1-6-11(10(15)5-13)8-3-2-7(12)4-9(8)14-6/h2-4,10,14-15H,5,13H2,1H3. The Hall–Kier alpha value is -1.03. The van der Waals surface area contributed by atoms with Gasteiger partial charge in [-0.2, -0.15) is 0 Å². The molecule has 0 amide bonds. The van der Waals surface area contributed by atoms with Gasteiger partial charge < -0.3 is 15.8 Å². The van der Waals surface area contributed by atoms with Crippen LogP contribution < -0.4 is 5.73 Å². The third-order valence-electron chi connectivity index (χ3n) is 2.55. The molecule has 1 aromatic heterocycles. The van der Waals surface area contributed by atoms with Gasteiger partial charge in [-0.25, -0.2) is 0 Å². The summed E-state index contributed by atoms with van der Waals surface area (Å²) >= 11 is 5.89. The first-order valence-corrected chi connectivity index (χ1v) is 5.17. The number of aliphatic hydroxyl groups is 1. The molecule has 80 valence electrons. The Morgan fingerprint density at radius 3 is 2.93 bits per heavy atom. The number of nitrogens with one attached hydrogen (secondary N) is 1. The van der Waals surface area contributed by atoms with Gasteiger partial charge in [-0.1, -0.05) is 17.7 Å². The highest BCUT2D eigenvalue weighted by Gasteiger charge is 2.15. The molecule has 3 nitrogen and oxygen atoms in total. The lowest BCUT2D eigenvalue weighted by molar-refractivity contribution is 0.187. The number of halogens is 1. The Kier molecular flexibility index (Phi) is 2.69. The number of hydrogen-bond acceptors (Lipinski definition) is 2. The topological polar surface area (TPSA) is 62.0 Å². The molecule has 15 heavy (non-hydrogen) atoms. The predicted molar refractivity (Wildman–Crippen MR) is 62.1 cm³/mol. The van der Waals surface area contributed by atoms with Crippen LogP contribution in [0.3, 0.4) is 0 Å². The highest BCUT2D eigenvalue weighted by Crippen LogP contribution is 2.29. The average molecular weight is 225 g/mol. The van der Waals surface area contributed by atoms with Crippen LogP contribution in [0.25, 0.3) is 10.9 Å². The fraction of sp³-hybridized carbons (Fsp3) is 0.273. The summed E-state index contributed by atoms with van der Waals surface area (Å²) in [5.41, 5.74) is 8.20. The van der Waals surface area contributed by atoms with E-state index in [1.165, 1.54) is 0 Å². The monoisotopic (exact) mass is 224 g/mol. The molecule has 0 fully saturated rings. The van der Waals surface area contributed by atoms with Crippen molar-refractivity contribution < 1.29 is 5.11 Å². The van der Waals surface area contributed by atoms with Crippen molar-refractivity contribution in [1.82, 2.24) is 4.98 Å². The molecular formula is C11H13ClN2O. The maximum Gasteiger partial charge on any atom is 0.0935 e. The predicted octanol–water partition coefficient (Wildman–Crippen LogP) is 2.12. The third-order valence-corrected chi connectivity index (χ3v) is 2.79. The zero-order chi connectivity index (χ0) is 11.0. The molecular weight excluding hydrogens is 212 g/mol. The zero-order valence-electron chi connectivity index (χ0n) is 8.42. The van der Waals surface area contributed by atoms with Gasteiger partial charge in [-0.05, 0) is 19.1 Å². The van der Waals surface area contributed by atoms with Crippen LogP contribution in [0.15, 0.2) is 18.2 Å². The quantitative estimate of drug-likeness (QED) is 0.732. The van der Waals surface area contributed by atoms with Gasteiger partial charge >= 0.3 is 0 Å². The Morgan fingerprint density at radius 2 is 2.27 bits per heavy atom. The number of hydrogen-bond donors (Lipinski definition) is 3. The van der Waals surface area contributed by atoms with E-state index in [4.69, 9.17) is 17.3 Å². The summed E-state index contributed by atoms with van der Waals surface area (Å²) in [6.07, 6.45) is -0.625. The molecule has 0 aliphatic carbocycles.